The van der Waals surface area contributed by atoms with Crippen molar-refractivity contribution in [2.75, 3.05) is 11.9 Å². The Hall–Kier alpha value is -2.74. The van der Waals surface area contributed by atoms with Crippen molar-refractivity contribution >= 4 is 23.1 Å². The van der Waals surface area contributed by atoms with E-state index >= 15 is 0 Å². The summed E-state index contributed by atoms with van der Waals surface area (Å²) < 4.78 is 1.66. The van der Waals surface area contributed by atoms with Crippen LogP contribution in [-0.4, -0.2) is 32.3 Å². The van der Waals surface area contributed by atoms with E-state index in [1.54, 1.807) is 40.5 Å². The van der Waals surface area contributed by atoms with Gasteiger partial charge in [-0.15, -0.1) is 11.3 Å². The van der Waals surface area contributed by atoms with Gasteiger partial charge in [0, 0.05) is 36.4 Å². The van der Waals surface area contributed by atoms with Crippen LogP contribution >= 0.6 is 11.3 Å². The SMILES string of the molecule is CCc1cnc(CCNC(=O)Nc2ccc(-n3cccn3)nc2)s1. The van der Waals surface area contributed by atoms with E-state index < -0.39 is 0 Å². The number of amides is 2. The second-order valence-corrected chi connectivity index (χ2v) is 6.26. The summed E-state index contributed by atoms with van der Waals surface area (Å²) in [6.07, 6.45) is 8.72. The van der Waals surface area contributed by atoms with E-state index in [4.69, 9.17) is 0 Å². The Morgan fingerprint density at radius 1 is 1.29 bits per heavy atom. The van der Waals surface area contributed by atoms with Gasteiger partial charge in [-0.25, -0.2) is 19.4 Å². The van der Waals surface area contributed by atoms with Crippen molar-refractivity contribution in [2.24, 2.45) is 0 Å². The predicted octanol–water partition coefficient (Wildman–Crippen LogP) is 2.65. The van der Waals surface area contributed by atoms with Crippen molar-refractivity contribution < 1.29 is 4.79 Å². The molecular weight excluding hydrogens is 324 g/mol. The summed E-state index contributed by atoms with van der Waals surface area (Å²) in [4.78, 5) is 21.7. The molecule has 124 valence electrons. The summed E-state index contributed by atoms with van der Waals surface area (Å²) in [6, 6.07) is 5.16. The van der Waals surface area contributed by atoms with Crippen LogP contribution < -0.4 is 10.6 Å². The quantitative estimate of drug-likeness (QED) is 0.721. The number of carbonyl (C=O) groups excluding carboxylic acids is 1. The second kappa shape index (κ2) is 7.69. The molecule has 3 aromatic rings. The first kappa shape index (κ1) is 16.1. The molecule has 0 unspecified atom stereocenters. The van der Waals surface area contributed by atoms with Gasteiger partial charge in [-0.2, -0.15) is 5.10 Å². The standard InChI is InChI=1S/C16H18N6OS/c1-2-13-11-19-15(24-13)6-8-17-16(23)21-12-4-5-14(18-10-12)22-9-3-7-20-22/h3-5,7,9-11H,2,6,8H2,1H3,(H2,17,21,23). The van der Waals surface area contributed by atoms with Crippen LogP contribution in [-0.2, 0) is 12.8 Å². The maximum Gasteiger partial charge on any atom is 0.319 e. The van der Waals surface area contributed by atoms with Crippen molar-refractivity contribution in [1.82, 2.24) is 25.1 Å². The second-order valence-electron chi connectivity index (χ2n) is 5.06. The molecule has 0 aliphatic rings. The molecule has 0 aliphatic heterocycles. The fourth-order valence-electron chi connectivity index (χ4n) is 2.09. The lowest BCUT2D eigenvalue weighted by atomic mass is 10.4. The number of aryl methyl sites for hydroxylation is 1. The third kappa shape index (κ3) is 4.17. The normalized spacial score (nSPS) is 10.5. The summed E-state index contributed by atoms with van der Waals surface area (Å²) in [5.41, 5.74) is 0.630. The molecule has 0 bridgehead atoms. The number of aromatic nitrogens is 4. The van der Waals surface area contributed by atoms with Gasteiger partial charge in [-0.3, -0.25) is 0 Å². The third-order valence-corrected chi connectivity index (χ3v) is 4.52. The van der Waals surface area contributed by atoms with Gasteiger partial charge in [0.25, 0.3) is 0 Å². The summed E-state index contributed by atoms with van der Waals surface area (Å²) >= 11 is 1.69. The first-order valence-corrected chi connectivity index (χ1v) is 8.50. The van der Waals surface area contributed by atoms with Gasteiger partial charge in [0.15, 0.2) is 5.82 Å². The van der Waals surface area contributed by atoms with Crippen LogP contribution in [0.1, 0.15) is 16.8 Å². The zero-order chi connectivity index (χ0) is 16.8. The molecule has 0 aliphatic carbocycles. The third-order valence-electron chi connectivity index (χ3n) is 3.32. The molecule has 0 atom stereocenters. The lowest BCUT2D eigenvalue weighted by Gasteiger charge is -2.07. The van der Waals surface area contributed by atoms with Crippen molar-refractivity contribution in [3.8, 4) is 5.82 Å². The molecule has 3 rings (SSSR count). The minimum Gasteiger partial charge on any atom is -0.337 e. The van der Waals surface area contributed by atoms with E-state index in [0.29, 0.717) is 18.1 Å². The highest BCUT2D eigenvalue weighted by atomic mass is 32.1. The Morgan fingerprint density at radius 2 is 2.21 bits per heavy atom. The zero-order valence-electron chi connectivity index (χ0n) is 13.3. The highest BCUT2D eigenvalue weighted by molar-refractivity contribution is 7.11. The minimum atomic E-state index is -0.254. The Kier molecular flexibility index (Phi) is 5.17. The van der Waals surface area contributed by atoms with Gasteiger partial charge in [0.2, 0.25) is 0 Å². The van der Waals surface area contributed by atoms with Gasteiger partial charge >= 0.3 is 6.03 Å². The van der Waals surface area contributed by atoms with Gasteiger partial charge in [0.1, 0.15) is 0 Å². The number of anilines is 1. The molecule has 0 saturated heterocycles. The fourth-order valence-corrected chi connectivity index (χ4v) is 2.95. The molecule has 24 heavy (non-hydrogen) atoms. The molecule has 8 heteroatoms. The monoisotopic (exact) mass is 342 g/mol. The van der Waals surface area contributed by atoms with E-state index in [-0.39, 0.29) is 6.03 Å². The molecule has 0 spiro atoms. The molecular formula is C16H18N6OS. The molecule has 3 heterocycles. The zero-order valence-corrected chi connectivity index (χ0v) is 14.1. The van der Waals surface area contributed by atoms with Crippen LogP contribution in [0.2, 0.25) is 0 Å². The number of nitrogens with one attached hydrogen (secondary N) is 2. The van der Waals surface area contributed by atoms with E-state index in [9.17, 15) is 4.79 Å². The Balaban J connectivity index is 1.46. The maximum absolute atomic E-state index is 11.9. The molecule has 7 nitrogen and oxygen atoms in total. The molecule has 0 fully saturated rings. The van der Waals surface area contributed by atoms with Gasteiger partial charge in [-0.05, 0) is 24.6 Å². The van der Waals surface area contributed by atoms with Crippen LogP contribution in [0.15, 0.2) is 43.0 Å². The largest absolute Gasteiger partial charge is 0.337 e. The number of rotatable bonds is 6. The van der Waals surface area contributed by atoms with E-state index in [1.807, 2.05) is 18.5 Å². The molecule has 0 aromatic carbocycles. The van der Waals surface area contributed by atoms with Crippen LogP contribution in [0.25, 0.3) is 5.82 Å². The Bertz CT molecular complexity index is 781. The molecule has 2 N–H and O–H groups in total. The average Bonchev–Trinajstić information content (AvgIpc) is 3.27. The predicted molar refractivity (Wildman–Crippen MR) is 93.6 cm³/mol. The van der Waals surface area contributed by atoms with Crippen LogP contribution in [0.4, 0.5) is 10.5 Å². The molecule has 0 radical (unpaired) electrons. The van der Waals surface area contributed by atoms with Crippen LogP contribution in [0.3, 0.4) is 0 Å². The lowest BCUT2D eigenvalue weighted by Crippen LogP contribution is -2.30. The van der Waals surface area contributed by atoms with E-state index in [2.05, 4.69) is 32.6 Å². The first-order valence-electron chi connectivity index (χ1n) is 7.69. The average molecular weight is 342 g/mol. The van der Waals surface area contributed by atoms with Crippen LogP contribution in [0, 0.1) is 0 Å². The highest BCUT2D eigenvalue weighted by Gasteiger charge is 2.05. The smallest absolute Gasteiger partial charge is 0.319 e. The van der Waals surface area contributed by atoms with Crippen molar-refractivity contribution in [2.45, 2.75) is 19.8 Å². The lowest BCUT2D eigenvalue weighted by molar-refractivity contribution is 0.252. The topological polar surface area (TPSA) is 84.7 Å². The van der Waals surface area contributed by atoms with Crippen molar-refractivity contribution in [1.29, 1.82) is 0 Å². The summed E-state index contributed by atoms with van der Waals surface area (Å²) in [5.74, 6) is 0.696. The fraction of sp³-hybridized carbons (Fsp3) is 0.250. The van der Waals surface area contributed by atoms with Gasteiger partial charge in [0.05, 0.1) is 16.9 Å². The van der Waals surface area contributed by atoms with E-state index in [0.717, 1.165) is 17.8 Å². The minimum absolute atomic E-state index is 0.254. The van der Waals surface area contributed by atoms with Gasteiger partial charge < -0.3 is 10.6 Å². The van der Waals surface area contributed by atoms with E-state index in [1.165, 1.54) is 4.88 Å². The highest BCUT2D eigenvalue weighted by Crippen LogP contribution is 2.13. The number of nitrogens with zero attached hydrogens (tertiary/aromatic N) is 4. The molecule has 0 saturated carbocycles. The number of carbonyl (C=O) groups is 1. The molecule has 2 amide bonds. The van der Waals surface area contributed by atoms with Gasteiger partial charge in [-0.1, -0.05) is 6.92 Å². The first-order chi connectivity index (χ1) is 11.7. The Labute approximate surface area is 143 Å². The number of thiazole rings is 1. The Morgan fingerprint density at radius 3 is 2.88 bits per heavy atom. The molecule has 3 aromatic heterocycles. The van der Waals surface area contributed by atoms with Crippen molar-refractivity contribution in [3.63, 3.8) is 0 Å². The summed E-state index contributed by atoms with van der Waals surface area (Å²) in [6.45, 7) is 2.65. The summed E-state index contributed by atoms with van der Waals surface area (Å²) in [7, 11) is 0. The number of hydrogen-bond acceptors (Lipinski definition) is 5. The number of urea groups is 1. The maximum atomic E-state index is 11.9. The summed E-state index contributed by atoms with van der Waals surface area (Å²) in [5, 5.41) is 10.7. The number of pyridine rings is 1. The van der Waals surface area contributed by atoms with Crippen molar-refractivity contribution in [3.05, 3.63) is 52.9 Å². The van der Waals surface area contributed by atoms with Crippen LogP contribution in [0.5, 0.6) is 0 Å². The number of hydrogen-bond donors (Lipinski definition) is 2.